The van der Waals surface area contributed by atoms with E-state index in [1.54, 1.807) is 16.2 Å². The van der Waals surface area contributed by atoms with Gasteiger partial charge in [-0.3, -0.25) is 9.69 Å². The minimum absolute atomic E-state index is 0.0147. The van der Waals surface area contributed by atoms with Gasteiger partial charge in [-0.1, -0.05) is 11.6 Å². The van der Waals surface area contributed by atoms with E-state index in [9.17, 15) is 9.18 Å². The highest BCUT2D eigenvalue weighted by Gasteiger charge is 2.48. The number of amides is 1. The third-order valence-electron chi connectivity index (χ3n) is 5.54. The molecule has 0 saturated carbocycles. The fraction of sp³-hybridized carbons (Fsp3) is 0.474. The maximum absolute atomic E-state index is 14.1. The average molecular weight is 394 g/mol. The van der Waals surface area contributed by atoms with E-state index in [0.717, 1.165) is 37.4 Å². The molecule has 4 nitrogen and oxygen atoms in total. The maximum Gasteiger partial charge on any atom is 0.256 e. The van der Waals surface area contributed by atoms with Crippen LogP contribution in [0.2, 0.25) is 5.02 Å². The number of halogens is 2. The number of nitrogens with zero attached hydrogens (tertiary/aromatic N) is 3. The monoisotopic (exact) mass is 393 g/mol. The summed E-state index contributed by atoms with van der Waals surface area (Å²) in [5, 5.41) is 1.46. The number of piperidine rings is 1. The van der Waals surface area contributed by atoms with Crippen LogP contribution in [0.1, 0.15) is 39.5 Å². The van der Waals surface area contributed by atoms with Crippen molar-refractivity contribution >= 4 is 28.8 Å². The smallest absolute Gasteiger partial charge is 0.256 e. The number of carbonyl (C=O) groups is 1. The molecular weight excluding hydrogens is 373 g/mol. The first-order valence-electron chi connectivity index (χ1n) is 8.88. The Bertz CT molecular complexity index is 842. The number of hydrogen-bond acceptors (Lipinski definition) is 4. The highest BCUT2D eigenvalue weighted by molar-refractivity contribution is 7.11. The number of benzene rings is 1. The lowest BCUT2D eigenvalue weighted by molar-refractivity contribution is -0.0643. The number of aromatic nitrogens is 1. The Labute approximate surface area is 161 Å². The molecule has 1 amide bonds. The Morgan fingerprint density at radius 1 is 1.38 bits per heavy atom. The summed E-state index contributed by atoms with van der Waals surface area (Å²) in [7, 11) is 0. The summed E-state index contributed by atoms with van der Waals surface area (Å²) >= 11 is 7.68. The van der Waals surface area contributed by atoms with Gasteiger partial charge in [-0.05, 0) is 44.4 Å². The van der Waals surface area contributed by atoms with Crippen molar-refractivity contribution in [1.82, 2.24) is 14.8 Å². The van der Waals surface area contributed by atoms with Crippen LogP contribution in [0.5, 0.6) is 0 Å². The van der Waals surface area contributed by atoms with Gasteiger partial charge in [0.15, 0.2) is 0 Å². The Morgan fingerprint density at radius 3 is 2.92 bits per heavy atom. The molecule has 0 N–H and O–H groups in total. The van der Waals surface area contributed by atoms with Crippen molar-refractivity contribution in [2.75, 3.05) is 19.6 Å². The van der Waals surface area contributed by atoms with Crippen molar-refractivity contribution in [3.05, 3.63) is 50.7 Å². The first-order valence-corrected chi connectivity index (χ1v) is 10.1. The number of likely N-dealkylation sites (tertiary alicyclic amines) is 2. The van der Waals surface area contributed by atoms with Gasteiger partial charge in [0, 0.05) is 47.8 Å². The summed E-state index contributed by atoms with van der Waals surface area (Å²) in [6, 6.07) is 4.16. The van der Waals surface area contributed by atoms with Crippen LogP contribution < -0.4 is 0 Å². The van der Waals surface area contributed by atoms with Crippen LogP contribution in [0.3, 0.4) is 0 Å². The SMILES string of the molecule is Cc1ncc(CN2CC[C@@]23CCCN(C(=O)c2cc(Cl)ccc2F)C3)s1. The molecule has 0 radical (unpaired) electrons. The molecule has 1 spiro atoms. The summed E-state index contributed by atoms with van der Waals surface area (Å²) in [5.41, 5.74) is 0.0828. The van der Waals surface area contributed by atoms with Crippen molar-refractivity contribution in [3.8, 4) is 0 Å². The molecule has 2 aliphatic rings. The van der Waals surface area contributed by atoms with E-state index >= 15 is 0 Å². The van der Waals surface area contributed by atoms with E-state index in [-0.39, 0.29) is 17.0 Å². The van der Waals surface area contributed by atoms with Crippen LogP contribution in [0.15, 0.2) is 24.4 Å². The lowest BCUT2D eigenvalue weighted by Crippen LogP contribution is -2.66. The second kappa shape index (κ2) is 6.91. The maximum atomic E-state index is 14.1. The summed E-state index contributed by atoms with van der Waals surface area (Å²) in [6.07, 6.45) is 5.03. The van der Waals surface area contributed by atoms with Crippen LogP contribution in [-0.4, -0.2) is 45.9 Å². The van der Waals surface area contributed by atoms with Crippen LogP contribution >= 0.6 is 22.9 Å². The number of hydrogen-bond donors (Lipinski definition) is 0. The molecule has 3 heterocycles. The summed E-state index contributed by atoms with van der Waals surface area (Å²) < 4.78 is 14.1. The highest BCUT2D eigenvalue weighted by atomic mass is 35.5. The third kappa shape index (κ3) is 3.26. The van der Waals surface area contributed by atoms with Gasteiger partial charge in [-0.15, -0.1) is 11.3 Å². The molecule has 0 aliphatic carbocycles. The molecule has 26 heavy (non-hydrogen) atoms. The summed E-state index contributed by atoms with van der Waals surface area (Å²) in [4.78, 5) is 22.7. The zero-order valence-corrected chi connectivity index (χ0v) is 16.2. The molecule has 2 aliphatic heterocycles. The number of aryl methyl sites for hydroxylation is 1. The van der Waals surface area contributed by atoms with E-state index < -0.39 is 5.82 Å². The van der Waals surface area contributed by atoms with Gasteiger partial charge in [-0.25, -0.2) is 9.37 Å². The Hall–Kier alpha value is -1.50. The van der Waals surface area contributed by atoms with E-state index in [2.05, 4.69) is 9.88 Å². The van der Waals surface area contributed by atoms with E-state index in [4.69, 9.17) is 11.6 Å². The second-order valence-corrected chi connectivity index (χ2v) is 8.95. The lowest BCUT2D eigenvalue weighted by Gasteiger charge is -2.57. The first-order chi connectivity index (χ1) is 12.5. The highest BCUT2D eigenvalue weighted by Crippen LogP contribution is 2.40. The molecule has 0 unspecified atom stereocenters. The number of rotatable bonds is 3. The average Bonchev–Trinajstić information content (AvgIpc) is 3.05. The predicted molar refractivity (Wildman–Crippen MR) is 101 cm³/mol. The quantitative estimate of drug-likeness (QED) is 0.786. The van der Waals surface area contributed by atoms with Crippen LogP contribution in [0.25, 0.3) is 0 Å². The largest absolute Gasteiger partial charge is 0.337 e. The topological polar surface area (TPSA) is 36.4 Å². The van der Waals surface area contributed by atoms with Crippen molar-refractivity contribution in [3.63, 3.8) is 0 Å². The van der Waals surface area contributed by atoms with Crippen molar-refractivity contribution in [1.29, 1.82) is 0 Å². The molecule has 1 aromatic carbocycles. The molecule has 2 saturated heterocycles. The number of thiazole rings is 1. The Morgan fingerprint density at radius 2 is 2.23 bits per heavy atom. The van der Waals surface area contributed by atoms with Gasteiger partial charge < -0.3 is 4.90 Å². The molecule has 1 aromatic heterocycles. The van der Waals surface area contributed by atoms with Gasteiger partial charge in [0.1, 0.15) is 5.82 Å². The Balaban J connectivity index is 1.50. The zero-order valence-electron chi connectivity index (χ0n) is 14.7. The fourth-order valence-corrected chi connectivity index (χ4v) is 5.06. The van der Waals surface area contributed by atoms with Gasteiger partial charge in [0.2, 0.25) is 0 Å². The Kier molecular flexibility index (Phi) is 4.75. The predicted octanol–water partition coefficient (Wildman–Crippen LogP) is 4.12. The van der Waals surface area contributed by atoms with Gasteiger partial charge in [0.25, 0.3) is 5.91 Å². The van der Waals surface area contributed by atoms with Crippen molar-refractivity contribution in [2.45, 2.75) is 38.3 Å². The summed E-state index contributed by atoms with van der Waals surface area (Å²) in [6.45, 7) is 5.24. The molecule has 2 fully saturated rings. The zero-order chi connectivity index (χ0) is 18.3. The van der Waals surface area contributed by atoms with Gasteiger partial charge in [0.05, 0.1) is 10.6 Å². The molecule has 7 heteroatoms. The first kappa shape index (κ1) is 17.9. The minimum Gasteiger partial charge on any atom is -0.337 e. The van der Waals surface area contributed by atoms with Gasteiger partial charge >= 0.3 is 0 Å². The molecule has 138 valence electrons. The molecule has 0 bridgehead atoms. The minimum atomic E-state index is -0.510. The second-order valence-electron chi connectivity index (χ2n) is 7.20. The van der Waals surface area contributed by atoms with E-state index in [0.29, 0.717) is 18.1 Å². The molecule has 4 rings (SSSR count). The van der Waals surface area contributed by atoms with Crippen molar-refractivity contribution in [2.24, 2.45) is 0 Å². The van der Waals surface area contributed by atoms with Crippen LogP contribution in [0, 0.1) is 12.7 Å². The standard InChI is InChI=1S/C19H21ClFN3OS/c1-13-22-10-15(26-13)11-24-8-6-19(24)5-2-7-23(12-19)18(25)16-9-14(20)3-4-17(16)21/h3-4,9-10H,2,5-8,11-12H2,1H3/t19-/m1/s1. The normalized spacial score (nSPS) is 23.3. The van der Waals surface area contributed by atoms with E-state index in [1.807, 2.05) is 13.1 Å². The molecular formula is C19H21ClFN3OS. The fourth-order valence-electron chi connectivity index (χ4n) is 4.08. The molecule has 2 aromatic rings. The van der Waals surface area contributed by atoms with E-state index in [1.165, 1.54) is 23.1 Å². The van der Waals surface area contributed by atoms with Gasteiger partial charge in [-0.2, -0.15) is 0 Å². The number of carbonyl (C=O) groups excluding carboxylic acids is 1. The molecule has 1 atom stereocenters. The van der Waals surface area contributed by atoms with Crippen LogP contribution in [0.4, 0.5) is 4.39 Å². The third-order valence-corrected chi connectivity index (χ3v) is 6.67. The van der Waals surface area contributed by atoms with Crippen LogP contribution in [-0.2, 0) is 6.54 Å². The van der Waals surface area contributed by atoms with Crippen molar-refractivity contribution < 1.29 is 9.18 Å². The summed E-state index contributed by atoms with van der Waals surface area (Å²) in [5.74, 6) is -0.769. The lowest BCUT2D eigenvalue weighted by atomic mass is 9.77.